The Bertz CT molecular complexity index is 360. The van der Waals surface area contributed by atoms with E-state index < -0.39 is 11.9 Å². The largest absolute Gasteiger partial charge is 0.433 e. The van der Waals surface area contributed by atoms with Gasteiger partial charge in [-0.1, -0.05) is 0 Å². The number of rotatable bonds is 2. The third-order valence-corrected chi connectivity index (χ3v) is 2.34. The van der Waals surface area contributed by atoms with Gasteiger partial charge in [-0.3, -0.25) is 0 Å². The molecule has 16 heavy (non-hydrogen) atoms. The summed E-state index contributed by atoms with van der Waals surface area (Å²) in [4.78, 5) is 7.20. The van der Waals surface area contributed by atoms with Gasteiger partial charge in [0.1, 0.15) is 5.69 Å². The van der Waals surface area contributed by atoms with Gasteiger partial charge in [-0.2, -0.15) is 13.2 Å². The van der Waals surface area contributed by atoms with Crippen LogP contribution in [0.5, 0.6) is 0 Å². The minimum absolute atomic E-state index is 0.0310. The molecule has 0 saturated carbocycles. The van der Waals surface area contributed by atoms with E-state index in [9.17, 15) is 13.2 Å². The predicted molar refractivity (Wildman–Crippen MR) is 51.9 cm³/mol. The van der Waals surface area contributed by atoms with E-state index in [1.807, 2.05) is 0 Å². The van der Waals surface area contributed by atoms with Crippen LogP contribution in [0.2, 0.25) is 0 Å². The second-order valence-electron chi connectivity index (χ2n) is 3.60. The molecule has 0 aromatic carbocycles. The Morgan fingerprint density at radius 3 is 2.88 bits per heavy atom. The Morgan fingerprint density at radius 1 is 1.44 bits per heavy atom. The van der Waals surface area contributed by atoms with Gasteiger partial charge >= 0.3 is 6.18 Å². The lowest BCUT2D eigenvalue weighted by molar-refractivity contribution is -0.141. The van der Waals surface area contributed by atoms with Crippen molar-refractivity contribution in [2.45, 2.75) is 18.6 Å². The number of halogens is 3. The minimum atomic E-state index is -4.42. The fourth-order valence-corrected chi connectivity index (χ4v) is 1.55. The van der Waals surface area contributed by atoms with Crippen molar-refractivity contribution in [2.75, 3.05) is 18.4 Å². The van der Waals surface area contributed by atoms with Crippen molar-refractivity contribution in [3.05, 3.63) is 18.0 Å². The SMILES string of the molecule is FC(F)(F)c1ccnc(N[C@H]2CCNC2)n1. The van der Waals surface area contributed by atoms with Gasteiger partial charge in [-0.25, -0.2) is 9.97 Å². The van der Waals surface area contributed by atoms with E-state index in [2.05, 4.69) is 20.6 Å². The number of nitrogens with one attached hydrogen (secondary N) is 2. The molecule has 1 fully saturated rings. The summed E-state index contributed by atoms with van der Waals surface area (Å²) in [6.45, 7) is 1.58. The molecule has 4 nitrogen and oxygen atoms in total. The Morgan fingerprint density at radius 2 is 2.25 bits per heavy atom. The fourth-order valence-electron chi connectivity index (χ4n) is 1.55. The van der Waals surface area contributed by atoms with Crippen LogP contribution in [0, 0.1) is 0 Å². The van der Waals surface area contributed by atoms with Crippen LogP contribution in [0.3, 0.4) is 0 Å². The van der Waals surface area contributed by atoms with Crippen LogP contribution in [0.25, 0.3) is 0 Å². The number of alkyl halides is 3. The summed E-state index contributed by atoms with van der Waals surface area (Å²) in [5, 5.41) is 5.97. The standard InChI is InChI=1S/C9H11F3N4/c10-9(11,12)7-2-4-14-8(16-7)15-6-1-3-13-5-6/h2,4,6,13H,1,3,5H2,(H,14,15,16)/t6-/m0/s1. The molecule has 2 rings (SSSR count). The summed E-state index contributed by atoms with van der Waals surface area (Å²) in [6, 6.07) is 0.960. The highest BCUT2D eigenvalue weighted by Gasteiger charge is 2.33. The van der Waals surface area contributed by atoms with E-state index in [1.54, 1.807) is 0 Å². The zero-order valence-electron chi connectivity index (χ0n) is 8.38. The Balaban J connectivity index is 2.09. The molecule has 0 amide bonds. The molecule has 0 bridgehead atoms. The van der Waals surface area contributed by atoms with E-state index in [-0.39, 0.29) is 12.0 Å². The lowest BCUT2D eigenvalue weighted by Crippen LogP contribution is -2.24. The van der Waals surface area contributed by atoms with E-state index in [1.165, 1.54) is 0 Å². The lowest BCUT2D eigenvalue weighted by Gasteiger charge is -2.12. The highest BCUT2D eigenvalue weighted by molar-refractivity contribution is 5.28. The molecular weight excluding hydrogens is 221 g/mol. The summed E-state index contributed by atoms with van der Waals surface area (Å²) in [5.74, 6) is 0.0310. The van der Waals surface area contributed by atoms with Gasteiger partial charge in [0.25, 0.3) is 0 Å². The molecule has 0 radical (unpaired) electrons. The molecule has 88 valence electrons. The van der Waals surface area contributed by atoms with E-state index >= 15 is 0 Å². The quantitative estimate of drug-likeness (QED) is 0.806. The monoisotopic (exact) mass is 232 g/mol. The Hall–Kier alpha value is -1.37. The van der Waals surface area contributed by atoms with E-state index in [0.717, 1.165) is 31.8 Å². The first-order chi connectivity index (χ1) is 7.55. The van der Waals surface area contributed by atoms with Crippen LogP contribution in [0.4, 0.5) is 19.1 Å². The number of nitrogens with zero attached hydrogens (tertiary/aromatic N) is 2. The molecule has 7 heteroatoms. The summed E-state index contributed by atoms with van der Waals surface area (Å²) >= 11 is 0. The highest BCUT2D eigenvalue weighted by atomic mass is 19.4. The fraction of sp³-hybridized carbons (Fsp3) is 0.556. The van der Waals surface area contributed by atoms with Gasteiger partial charge in [0.2, 0.25) is 5.95 Å². The van der Waals surface area contributed by atoms with Gasteiger partial charge in [0.05, 0.1) is 0 Å². The molecule has 1 aliphatic heterocycles. The van der Waals surface area contributed by atoms with Gasteiger partial charge in [-0.15, -0.1) is 0 Å². The van der Waals surface area contributed by atoms with Gasteiger partial charge < -0.3 is 10.6 Å². The third kappa shape index (κ3) is 2.60. The molecule has 1 aromatic rings. The van der Waals surface area contributed by atoms with E-state index in [0.29, 0.717) is 0 Å². The molecule has 2 N–H and O–H groups in total. The van der Waals surface area contributed by atoms with Crippen molar-refractivity contribution in [2.24, 2.45) is 0 Å². The van der Waals surface area contributed by atoms with Crippen LogP contribution in [-0.2, 0) is 6.18 Å². The molecule has 1 aromatic heterocycles. The summed E-state index contributed by atoms with van der Waals surface area (Å²) in [5.41, 5.74) is -0.920. The molecule has 0 unspecified atom stereocenters. The van der Waals surface area contributed by atoms with Crippen molar-refractivity contribution in [3.63, 3.8) is 0 Å². The zero-order valence-corrected chi connectivity index (χ0v) is 8.38. The topological polar surface area (TPSA) is 49.8 Å². The normalized spacial score (nSPS) is 21.1. The van der Waals surface area contributed by atoms with Gasteiger partial charge in [-0.05, 0) is 19.0 Å². The molecule has 1 aliphatic rings. The lowest BCUT2D eigenvalue weighted by atomic mass is 10.3. The van der Waals surface area contributed by atoms with Crippen LogP contribution >= 0.6 is 0 Å². The van der Waals surface area contributed by atoms with Crippen molar-refractivity contribution < 1.29 is 13.2 Å². The summed E-state index contributed by atoms with van der Waals surface area (Å²) in [6.07, 6.45) is -2.45. The third-order valence-electron chi connectivity index (χ3n) is 2.34. The average Bonchev–Trinajstić information content (AvgIpc) is 2.70. The minimum Gasteiger partial charge on any atom is -0.350 e. The number of anilines is 1. The summed E-state index contributed by atoms with van der Waals surface area (Å²) in [7, 11) is 0. The first-order valence-corrected chi connectivity index (χ1v) is 4.93. The van der Waals surface area contributed by atoms with Crippen LogP contribution in [0.15, 0.2) is 12.3 Å². The van der Waals surface area contributed by atoms with Crippen molar-refractivity contribution in [1.82, 2.24) is 15.3 Å². The molecule has 0 spiro atoms. The van der Waals surface area contributed by atoms with E-state index in [4.69, 9.17) is 0 Å². The van der Waals surface area contributed by atoms with Gasteiger partial charge in [0.15, 0.2) is 0 Å². The smallest absolute Gasteiger partial charge is 0.350 e. The Kier molecular flexibility index (Phi) is 2.95. The zero-order chi connectivity index (χ0) is 11.6. The average molecular weight is 232 g/mol. The number of hydrogen-bond donors (Lipinski definition) is 2. The molecule has 2 heterocycles. The van der Waals surface area contributed by atoms with Crippen molar-refractivity contribution in [1.29, 1.82) is 0 Å². The number of aromatic nitrogens is 2. The van der Waals surface area contributed by atoms with Crippen LogP contribution < -0.4 is 10.6 Å². The molecular formula is C9H11F3N4. The first kappa shape index (κ1) is 11.1. The maximum absolute atomic E-state index is 12.4. The number of hydrogen-bond acceptors (Lipinski definition) is 4. The second-order valence-corrected chi connectivity index (χ2v) is 3.60. The van der Waals surface area contributed by atoms with Crippen LogP contribution in [-0.4, -0.2) is 29.1 Å². The Labute approximate surface area is 90.3 Å². The summed E-state index contributed by atoms with van der Waals surface area (Å²) < 4.78 is 37.1. The molecule has 1 atom stereocenters. The van der Waals surface area contributed by atoms with Gasteiger partial charge in [0, 0.05) is 18.8 Å². The van der Waals surface area contributed by atoms with Crippen LogP contribution in [0.1, 0.15) is 12.1 Å². The molecule has 1 saturated heterocycles. The molecule has 0 aliphatic carbocycles. The van der Waals surface area contributed by atoms with Crippen molar-refractivity contribution >= 4 is 5.95 Å². The maximum Gasteiger partial charge on any atom is 0.433 e. The predicted octanol–water partition coefficient (Wildman–Crippen LogP) is 1.27. The first-order valence-electron chi connectivity index (χ1n) is 4.93. The maximum atomic E-state index is 12.4. The van der Waals surface area contributed by atoms with Crippen molar-refractivity contribution in [3.8, 4) is 0 Å². The second kappa shape index (κ2) is 4.25. The highest BCUT2D eigenvalue weighted by Crippen LogP contribution is 2.27.